The van der Waals surface area contributed by atoms with Crippen LogP contribution in [0, 0.1) is 6.92 Å². The van der Waals surface area contributed by atoms with Gasteiger partial charge in [0.05, 0.1) is 38.0 Å². The van der Waals surface area contributed by atoms with Gasteiger partial charge >= 0.3 is 12.1 Å². The normalized spacial score (nSPS) is 20.0. The zero-order valence-corrected chi connectivity index (χ0v) is 26.9. The van der Waals surface area contributed by atoms with Gasteiger partial charge < -0.3 is 23.7 Å². The van der Waals surface area contributed by atoms with E-state index in [1.165, 1.54) is 7.11 Å². The summed E-state index contributed by atoms with van der Waals surface area (Å²) in [5, 5.41) is 0.952. The summed E-state index contributed by atoms with van der Waals surface area (Å²) in [6.07, 6.45) is 7.35. The lowest BCUT2D eigenvalue weighted by molar-refractivity contribution is -0.0203. The molecule has 44 heavy (non-hydrogen) atoms. The molecule has 238 valence electrons. The first kappa shape index (κ1) is 31.9. The van der Waals surface area contributed by atoms with E-state index in [0.29, 0.717) is 24.5 Å². The molecular formula is C35H46N2O7. The van der Waals surface area contributed by atoms with E-state index in [1.54, 1.807) is 17.9 Å². The molecule has 5 rings (SSSR count). The van der Waals surface area contributed by atoms with E-state index < -0.39 is 11.7 Å². The van der Waals surface area contributed by atoms with Crippen molar-refractivity contribution in [3.05, 3.63) is 58.8 Å². The highest BCUT2D eigenvalue weighted by Crippen LogP contribution is 2.41. The van der Waals surface area contributed by atoms with Crippen molar-refractivity contribution in [3.8, 4) is 11.5 Å². The largest absolute Gasteiger partial charge is 0.496 e. The number of hydrogen-bond donors (Lipinski definition) is 0. The Hall–Kier alpha value is -3.56. The molecule has 9 nitrogen and oxygen atoms in total. The van der Waals surface area contributed by atoms with E-state index in [0.717, 1.165) is 85.0 Å². The first-order valence-electron chi connectivity index (χ1n) is 15.7. The number of rotatable bonds is 4. The van der Waals surface area contributed by atoms with Crippen molar-refractivity contribution in [2.24, 2.45) is 0 Å². The number of benzene rings is 2. The number of methoxy groups -OCH3 is 2. The van der Waals surface area contributed by atoms with Crippen LogP contribution in [-0.4, -0.2) is 67.2 Å². The number of carbonyl (C=O) groups excluding carboxylic acids is 2. The van der Waals surface area contributed by atoms with Crippen molar-refractivity contribution < 1.29 is 33.3 Å². The van der Waals surface area contributed by atoms with Crippen molar-refractivity contribution in [1.29, 1.82) is 0 Å². The van der Waals surface area contributed by atoms with E-state index in [4.69, 9.17) is 23.7 Å². The lowest BCUT2D eigenvalue weighted by Gasteiger charge is -2.40. The molecule has 0 amide bonds. The molecule has 3 aromatic rings. The third-order valence-corrected chi connectivity index (χ3v) is 8.51. The molecule has 2 aliphatic heterocycles. The number of carbonyl (C=O) groups is 2. The number of hydrogen-bond acceptors (Lipinski definition) is 8. The minimum atomic E-state index is -0.612. The Morgan fingerprint density at radius 2 is 1.80 bits per heavy atom. The van der Waals surface area contributed by atoms with Gasteiger partial charge in [-0.05, 0) is 89.6 Å². The fourth-order valence-corrected chi connectivity index (χ4v) is 6.39. The van der Waals surface area contributed by atoms with Crippen LogP contribution in [0.4, 0.5) is 4.79 Å². The summed E-state index contributed by atoms with van der Waals surface area (Å²) >= 11 is 0. The summed E-state index contributed by atoms with van der Waals surface area (Å²) in [5.41, 5.74) is 3.63. The fraction of sp³-hybridized carbons (Fsp3) is 0.543. The van der Waals surface area contributed by atoms with E-state index >= 15 is 0 Å². The Kier molecular flexibility index (Phi) is 9.85. The highest BCUT2D eigenvalue weighted by Gasteiger charge is 2.34. The highest BCUT2D eigenvalue weighted by atomic mass is 16.6. The second-order valence-electron chi connectivity index (χ2n) is 12.8. The van der Waals surface area contributed by atoms with Crippen LogP contribution in [0.1, 0.15) is 92.4 Å². The van der Waals surface area contributed by atoms with E-state index in [9.17, 15) is 9.59 Å². The summed E-state index contributed by atoms with van der Waals surface area (Å²) in [7, 11) is 3.08. The number of aryl methyl sites for hydroxylation is 1. The molecule has 9 heteroatoms. The van der Waals surface area contributed by atoms with Crippen molar-refractivity contribution in [3.63, 3.8) is 0 Å². The zero-order chi connectivity index (χ0) is 31.4. The fourth-order valence-electron chi connectivity index (χ4n) is 6.39. The van der Waals surface area contributed by atoms with Gasteiger partial charge in [-0.25, -0.2) is 9.59 Å². The molecule has 2 aliphatic rings. The molecule has 0 unspecified atom stereocenters. The van der Waals surface area contributed by atoms with Gasteiger partial charge in [-0.1, -0.05) is 12.5 Å². The zero-order valence-electron chi connectivity index (χ0n) is 26.9. The third kappa shape index (κ3) is 7.05. The maximum Gasteiger partial charge on any atom is 0.419 e. The van der Waals surface area contributed by atoms with Crippen LogP contribution in [0.15, 0.2) is 36.5 Å². The number of likely N-dealkylation sites (tertiary alicyclic amines) is 1. The Bertz CT molecular complexity index is 1490. The van der Waals surface area contributed by atoms with Gasteiger partial charge in [0, 0.05) is 48.4 Å². The molecule has 2 aromatic carbocycles. The number of ether oxygens (including phenoxy) is 5. The summed E-state index contributed by atoms with van der Waals surface area (Å²) in [6.45, 7) is 10.3. The van der Waals surface area contributed by atoms with Crippen molar-refractivity contribution >= 4 is 23.0 Å². The number of piperidine rings is 1. The third-order valence-electron chi connectivity index (χ3n) is 8.51. The van der Waals surface area contributed by atoms with E-state index in [1.807, 2.05) is 58.0 Å². The van der Waals surface area contributed by atoms with Crippen molar-refractivity contribution in [2.75, 3.05) is 34.0 Å². The standard InChI is InChI=1S/C35H46N2O7/c1-23-19-30(40-5)28(26-14-16-37(32(23)26)34(39)44-35(2,3)4)22-36-15-13-25-21-29(36)27-12-11-24(33(38)41-6)20-31(27)43-18-10-8-7-9-17-42-25/h11-12,14,16,19-20,25,29H,7-10,13,15,17-18,21-22H2,1-6H3/t25-,29-/m0/s1. The van der Waals surface area contributed by atoms with Crippen LogP contribution < -0.4 is 9.47 Å². The first-order valence-corrected chi connectivity index (χ1v) is 15.7. The topological polar surface area (TPSA) is 88.5 Å². The van der Waals surface area contributed by atoms with Gasteiger partial charge in [0.1, 0.15) is 17.1 Å². The summed E-state index contributed by atoms with van der Waals surface area (Å²) in [6, 6.07) is 9.59. The predicted molar refractivity (Wildman–Crippen MR) is 169 cm³/mol. The van der Waals surface area contributed by atoms with Gasteiger partial charge in [-0.2, -0.15) is 0 Å². The number of fused-ring (bicyclic) bond motifs is 5. The summed E-state index contributed by atoms with van der Waals surface area (Å²) in [5.74, 6) is 1.10. The Labute approximate surface area is 260 Å². The molecular weight excluding hydrogens is 560 g/mol. The maximum atomic E-state index is 13.2. The summed E-state index contributed by atoms with van der Waals surface area (Å²) in [4.78, 5) is 28.0. The molecule has 0 radical (unpaired) electrons. The molecule has 0 spiro atoms. The molecule has 0 aliphatic carbocycles. The van der Waals surface area contributed by atoms with Gasteiger partial charge in [-0.15, -0.1) is 0 Å². The lowest BCUT2D eigenvalue weighted by Crippen LogP contribution is -2.39. The van der Waals surface area contributed by atoms with Crippen LogP contribution in [0.5, 0.6) is 11.5 Å². The average molecular weight is 607 g/mol. The molecule has 0 saturated carbocycles. The predicted octanol–water partition coefficient (Wildman–Crippen LogP) is 7.20. The van der Waals surface area contributed by atoms with Gasteiger partial charge in [-0.3, -0.25) is 9.47 Å². The molecule has 1 aromatic heterocycles. The quantitative estimate of drug-likeness (QED) is 0.288. The first-order chi connectivity index (χ1) is 21.1. The van der Waals surface area contributed by atoms with Crippen LogP contribution in [0.3, 0.4) is 0 Å². The van der Waals surface area contributed by atoms with Crippen LogP contribution in [0.25, 0.3) is 10.9 Å². The minimum Gasteiger partial charge on any atom is -0.496 e. The number of esters is 1. The second kappa shape index (κ2) is 13.6. The van der Waals surface area contributed by atoms with Crippen LogP contribution >= 0.6 is 0 Å². The second-order valence-corrected chi connectivity index (χ2v) is 12.8. The molecule has 3 heterocycles. The summed E-state index contributed by atoms with van der Waals surface area (Å²) < 4.78 is 31.0. The van der Waals surface area contributed by atoms with Crippen molar-refractivity contribution in [1.82, 2.24) is 9.47 Å². The van der Waals surface area contributed by atoms with Gasteiger partial charge in [0.2, 0.25) is 0 Å². The monoisotopic (exact) mass is 606 g/mol. The van der Waals surface area contributed by atoms with Crippen molar-refractivity contribution in [2.45, 2.75) is 90.5 Å². The number of nitrogens with zero attached hydrogens (tertiary/aromatic N) is 2. The maximum absolute atomic E-state index is 13.2. The smallest absolute Gasteiger partial charge is 0.419 e. The Morgan fingerprint density at radius 3 is 2.52 bits per heavy atom. The molecule has 1 fully saturated rings. The molecule has 2 atom stereocenters. The van der Waals surface area contributed by atoms with Gasteiger partial charge in [0.15, 0.2) is 0 Å². The molecule has 2 bridgehead atoms. The molecule has 1 saturated heterocycles. The highest BCUT2D eigenvalue weighted by molar-refractivity contribution is 5.95. The number of aromatic nitrogens is 1. The minimum absolute atomic E-state index is 0.0230. The van der Waals surface area contributed by atoms with E-state index in [-0.39, 0.29) is 18.1 Å². The lowest BCUT2D eigenvalue weighted by atomic mass is 9.90. The van der Waals surface area contributed by atoms with Crippen LogP contribution in [0.2, 0.25) is 0 Å². The van der Waals surface area contributed by atoms with Crippen LogP contribution in [-0.2, 0) is 20.8 Å². The Balaban J connectivity index is 1.56. The SMILES string of the molecule is COC(=O)c1ccc2c(c1)OCCCCCCO[C@H]1CCN(Cc3c(OC)cc(C)c4c3ccn4C(=O)OC(C)(C)C)[C@H]2C1. The Morgan fingerprint density at radius 1 is 1.02 bits per heavy atom. The van der Waals surface area contributed by atoms with E-state index in [2.05, 4.69) is 4.90 Å². The average Bonchev–Trinajstić information content (AvgIpc) is 3.45. The van der Waals surface area contributed by atoms with Gasteiger partial charge in [0.25, 0.3) is 0 Å². The molecule has 0 N–H and O–H groups in total.